The van der Waals surface area contributed by atoms with Crippen molar-refractivity contribution in [2.45, 2.75) is 70.0 Å². The van der Waals surface area contributed by atoms with Gasteiger partial charge in [0.2, 0.25) is 0 Å². The van der Waals surface area contributed by atoms with Gasteiger partial charge >= 0.3 is 6.09 Å². The van der Waals surface area contributed by atoms with Crippen molar-refractivity contribution >= 4 is 12.0 Å². The van der Waals surface area contributed by atoms with Crippen LogP contribution in [0.2, 0.25) is 0 Å². The maximum atomic E-state index is 12.5. The molecule has 2 atom stereocenters. The molecule has 0 radical (unpaired) electrons. The van der Waals surface area contributed by atoms with E-state index in [-0.39, 0.29) is 5.91 Å². The Morgan fingerprint density at radius 3 is 2.63 bits per heavy atom. The Balaban J connectivity index is 1.07. The lowest BCUT2D eigenvalue weighted by molar-refractivity contribution is 0.0775. The second-order valence-electron chi connectivity index (χ2n) is 10.5. The average Bonchev–Trinajstić information content (AvgIpc) is 3.42. The lowest BCUT2D eigenvalue weighted by Gasteiger charge is -2.34. The molecule has 2 aromatic rings. The Bertz CT molecular complexity index is 1080. The third-order valence-corrected chi connectivity index (χ3v) is 8.31. The summed E-state index contributed by atoms with van der Waals surface area (Å²) in [7, 11) is 1.65. The molecule has 35 heavy (non-hydrogen) atoms. The highest BCUT2D eigenvalue weighted by Crippen LogP contribution is 2.42. The quantitative estimate of drug-likeness (QED) is 0.512. The van der Waals surface area contributed by atoms with Gasteiger partial charge in [0.15, 0.2) is 0 Å². The van der Waals surface area contributed by atoms with Gasteiger partial charge in [-0.1, -0.05) is 49.2 Å². The van der Waals surface area contributed by atoms with E-state index in [2.05, 4.69) is 29.2 Å². The monoisotopic (exact) mass is 475 g/mol. The minimum Gasteiger partial charge on any atom is -0.465 e. The van der Waals surface area contributed by atoms with Gasteiger partial charge in [0.05, 0.1) is 0 Å². The molecule has 3 aliphatic rings. The van der Waals surface area contributed by atoms with E-state index in [9.17, 15) is 14.7 Å². The molecule has 2 aromatic carbocycles. The van der Waals surface area contributed by atoms with E-state index in [1.165, 1.54) is 53.7 Å². The number of carbonyl (C=O) groups excluding carboxylic acids is 1. The van der Waals surface area contributed by atoms with Crippen molar-refractivity contribution in [1.82, 2.24) is 14.7 Å². The summed E-state index contributed by atoms with van der Waals surface area (Å²) in [6.45, 7) is 4.41. The van der Waals surface area contributed by atoms with E-state index in [1.54, 1.807) is 7.05 Å². The summed E-state index contributed by atoms with van der Waals surface area (Å²) in [6, 6.07) is 15.1. The molecular weight excluding hydrogens is 438 g/mol. The van der Waals surface area contributed by atoms with Crippen LogP contribution >= 0.6 is 0 Å². The minimum atomic E-state index is -0.875. The van der Waals surface area contributed by atoms with Gasteiger partial charge in [0, 0.05) is 44.2 Å². The third kappa shape index (κ3) is 4.94. The fraction of sp³-hybridized carbons (Fsp3) is 0.517. The number of benzene rings is 2. The van der Waals surface area contributed by atoms with Gasteiger partial charge in [-0.25, -0.2) is 4.79 Å². The van der Waals surface area contributed by atoms with E-state index in [4.69, 9.17) is 0 Å². The Hall–Kier alpha value is -2.86. The highest BCUT2D eigenvalue weighted by Gasteiger charge is 2.38. The Kier molecular flexibility index (Phi) is 7.09. The van der Waals surface area contributed by atoms with E-state index >= 15 is 0 Å². The second kappa shape index (κ2) is 10.4. The van der Waals surface area contributed by atoms with Crippen LogP contribution in [0.1, 0.15) is 77.1 Å². The van der Waals surface area contributed by atoms with Gasteiger partial charge in [-0.15, -0.1) is 0 Å². The molecule has 0 unspecified atom stereocenters. The maximum absolute atomic E-state index is 12.5. The van der Waals surface area contributed by atoms with Crippen molar-refractivity contribution in [1.29, 1.82) is 0 Å². The first-order valence-corrected chi connectivity index (χ1v) is 13.2. The van der Waals surface area contributed by atoms with Gasteiger partial charge in [0.25, 0.3) is 5.91 Å². The number of likely N-dealkylation sites (tertiary alicyclic amines) is 1. The van der Waals surface area contributed by atoms with Crippen LogP contribution in [0.15, 0.2) is 42.5 Å². The van der Waals surface area contributed by atoms with Crippen molar-refractivity contribution in [2.24, 2.45) is 0 Å². The summed E-state index contributed by atoms with van der Waals surface area (Å²) in [5.74, 6) is 0.774. The molecule has 1 aliphatic carbocycles. The van der Waals surface area contributed by atoms with Gasteiger partial charge < -0.3 is 14.9 Å². The first kappa shape index (κ1) is 23.9. The number of rotatable bonds is 9. The number of hydrogen-bond acceptors (Lipinski definition) is 3. The topological polar surface area (TPSA) is 64.1 Å². The normalized spacial score (nSPS) is 21.1. The molecule has 186 valence electrons. The number of unbranched alkanes of at least 4 members (excludes halogenated alkanes) is 3. The molecule has 6 heteroatoms. The Morgan fingerprint density at radius 1 is 1.03 bits per heavy atom. The summed E-state index contributed by atoms with van der Waals surface area (Å²) >= 11 is 0. The average molecular weight is 476 g/mol. The minimum absolute atomic E-state index is 0.194. The molecule has 1 saturated heterocycles. The van der Waals surface area contributed by atoms with Crippen LogP contribution in [0.5, 0.6) is 0 Å². The van der Waals surface area contributed by atoms with Crippen LogP contribution in [-0.2, 0) is 19.5 Å². The van der Waals surface area contributed by atoms with Gasteiger partial charge in [-0.2, -0.15) is 0 Å². The summed E-state index contributed by atoms with van der Waals surface area (Å²) < 4.78 is 0. The summed E-state index contributed by atoms with van der Waals surface area (Å²) in [4.78, 5) is 29.9. The van der Waals surface area contributed by atoms with E-state index in [0.29, 0.717) is 18.5 Å². The van der Waals surface area contributed by atoms with Crippen LogP contribution in [0.25, 0.3) is 0 Å². The first-order chi connectivity index (χ1) is 17.0. The summed E-state index contributed by atoms with van der Waals surface area (Å²) in [6.07, 6.45) is 7.22. The molecule has 5 rings (SSSR count). The standard InChI is InChI=1S/C29H37N3O3/c1-30(29(34)35)19-21-10-8-12-25-23(21)13-14-27-26(25)15-18-31(27)16-6-2-3-7-17-32-20-22-9-4-5-11-24(22)28(32)33/h4-5,8-12,26-27H,2-3,6-7,13-20H2,1H3,(H,34,35)/t26-,27+/m1/s1. The Morgan fingerprint density at radius 2 is 1.83 bits per heavy atom. The van der Waals surface area contributed by atoms with Crippen molar-refractivity contribution < 1.29 is 14.7 Å². The fourth-order valence-corrected chi connectivity index (χ4v) is 6.48. The Labute approximate surface area is 208 Å². The molecule has 0 spiro atoms. The van der Waals surface area contributed by atoms with E-state index in [0.717, 1.165) is 50.1 Å². The predicted molar refractivity (Wildman–Crippen MR) is 137 cm³/mol. The molecule has 0 saturated carbocycles. The zero-order chi connectivity index (χ0) is 24.4. The van der Waals surface area contributed by atoms with Crippen LogP contribution in [0.4, 0.5) is 4.79 Å². The molecule has 1 fully saturated rings. The maximum Gasteiger partial charge on any atom is 0.407 e. The summed E-state index contributed by atoms with van der Waals surface area (Å²) in [5.41, 5.74) is 6.06. The third-order valence-electron chi connectivity index (χ3n) is 8.31. The summed E-state index contributed by atoms with van der Waals surface area (Å²) in [5, 5.41) is 9.27. The lowest BCUT2D eigenvalue weighted by Crippen LogP contribution is -2.36. The van der Waals surface area contributed by atoms with E-state index < -0.39 is 6.09 Å². The van der Waals surface area contributed by atoms with Crippen LogP contribution in [-0.4, -0.2) is 64.5 Å². The van der Waals surface area contributed by atoms with Crippen molar-refractivity contribution in [3.8, 4) is 0 Å². The first-order valence-electron chi connectivity index (χ1n) is 13.2. The molecule has 0 aromatic heterocycles. The molecule has 2 heterocycles. The molecule has 1 N–H and O–H groups in total. The van der Waals surface area contributed by atoms with Crippen molar-refractivity contribution in [2.75, 3.05) is 26.7 Å². The van der Waals surface area contributed by atoms with Gasteiger partial charge in [-0.05, 0) is 73.5 Å². The molecular formula is C29H37N3O3. The lowest BCUT2D eigenvalue weighted by atomic mass is 9.77. The fourth-order valence-electron chi connectivity index (χ4n) is 6.48. The molecule has 0 bridgehead atoms. The molecule has 2 amide bonds. The smallest absolute Gasteiger partial charge is 0.407 e. The van der Waals surface area contributed by atoms with E-state index in [1.807, 2.05) is 23.1 Å². The van der Waals surface area contributed by atoms with Crippen LogP contribution in [0, 0.1) is 0 Å². The number of amides is 2. The highest BCUT2D eigenvalue weighted by molar-refractivity contribution is 5.98. The molecule has 6 nitrogen and oxygen atoms in total. The number of carbonyl (C=O) groups is 2. The number of hydrogen-bond donors (Lipinski definition) is 1. The number of nitrogens with zero attached hydrogens (tertiary/aromatic N) is 3. The molecule has 2 aliphatic heterocycles. The van der Waals surface area contributed by atoms with Crippen LogP contribution < -0.4 is 0 Å². The predicted octanol–water partition coefficient (Wildman–Crippen LogP) is 5.12. The van der Waals surface area contributed by atoms with Gasteiger partial charge in [0.1, 0.15) is 0 Å². The SMILES string of the molecule is CN(Cc1cccc2c1CC[C@H]1[C@@H]2CCN1CCCCCCN1Cc2ccccc2C1=O)C(=O)O. The van der Waals surface area contributed by atoms with Gasteiger partial charge in [-0.3, -0.25) is 9.69 Å². The van der Waals surface area contributed by atoms with Crippen molar-refractivity contribution in [3.63, 3.8) is 0 Å². The zero-order valence-electron chi connectivity index (χ0n) is 20.8. The second-order valence-corrected chi connectivity index (χ2v) is 10.5. The largest absolute Gasteiger partial charge is 0.465 e. The van der Waals surface area contributed by atoms with Crippen molar-refractivity contribution in [3.05, 3.63) is 70.3 Å². The number of carboxylic acid groups (broad SMARTS) is 1. The highest BCUT2D eigenvalue weighted by atomic mass is 16.4. The van der Waals surface area contributed by atoms with Crippen LogP contribution in [0.3, 0.4) is 0 Å². The zero-order valence-corrected chi connectivity index (χ0v) is 20.8. The number of fused-ring (bicyclic) bond motifs is 4.